The van der Waals surface area contributed by atoms with Gasteiger partial charge >= 0.3 is 0 Å². The topological polar surface area (TPSA) is 75.6 Å². The van der Waals surface area contributed by atoms with Crippen LogP contribution in [0.3, 0.4) is 0 Å². The second-order valence-corrected chi connectivity index (χ2v) is 8.95. The van der Waals surface area contributed by atoms with E-state index in [0.29, 0.717) is 5.75 Å². The molecule has 0 bridgehead atoms. The summed E-state index contributed by atoms with van der Waals surface area (Å²) in [4.78, 5) is 15.8. The lowest BCUT2D eigenvalue weighted by molar-refractivity contribution is -0.113. The quantitative estimate of drug-likeness (QED) is 0.341. The number of carbonyl (C=O) groups excluding carboxylic acids is 1. The number of aromatic nitrogens is 4. The molecule has 2 N–H and O–H groups in total. The van der Waals surface area contributed by atoms with Gasteiger partial charge in [0, 0.05) is 35.8 Å². The summed E-state index contributed by atoms with van der Waals surface area (Å²) in [5.41, 5.74) is 5.62. The van der Waals surface area contributed by atoms with Crippen LogP contribution in [-0.2, 0) is 24.2 Å². The standard InChI is InChI=1S/C25H29N5OS/c1-4-30-23(11-7-8-19-15-26-22-10-6-5-9-20(19)22)28-29-25(30)32-16-24(31)27-21-13-12-17(2)14-18(21)3/h5-6,9-10,12-15,26H,4,7-8,11,16H2,1-3H3,(H,27,31). The molecular formula is C25H29N5OS. The summed E-state index contributed by atoms with van der Waals surface area (Å²) in [6.45, 7) is 6.93. The fourth-order valence-corrected chi connectivity index (χ4v) is 4.80. The van der Waals surface area contributed by atoms with Gasteiger partial charge in [0.05, 0.1) is 5.75 Å². The van der Waals surface area contributed by atoms with Crippen molar-refractivity contribution in [3.05, 3.63) is 71.2 Å². The molecule has 0 aliphatic carbocycles. The molecule has 0 atom stereocenters. The number of rotatable bonds is 9. The first-order valence-electron chi connectivity index (χ1n) is 11.0. The Kier molecular flexibility index (Phi) is 6.95. The first-order valence-corrected chi connectivity index (χ1v) is 12.0. The summed E-state index contributed by atoms with van der Waals surface area (Å²) >= 11 is 1.43. The van der Waals surface area contributed by atoms with E-state index >= 15 is 0 Å². The maximum Gasteiger partial charge on any atom is 0.234 e. The molecule has 0 fully saturated rings. The van der Waals surface area contributed by atoms with Crippen molar-refractivity contribution in [3.63, 3.8) is 0 Å². The van der Waals surface area contributed by atoms with Crippen LogP contribution in [-0.4, -0.2) is 31.4 Å². The van der Waals surface area contributed by atoms with Gasteiger partial charge in [0.1, 0.15) is 5.82 Å². The zero-order valence-corrected chi connectivity index (χ0v) is 19.6. The fraction of sp³-hybridized carbons (Fsp3) is 0.320. The molecule has 0 spiro atoms. The van der Waals surface area contributed by atoms with Gasteiger partial charge in [0.25, 0.3) is 0 Å². The second kappa shape index (κ2) is 10.0. The molecule has 4 aromatic rings. The van der Waals surface area contributed by atoms with Crippen LogP contribution in [0.1, 0.15) is 35.9 Å². The summed E-state index contributed by atoms with van der Waals surface area (Å²) < 4.78 is 2.12. The number of nitrogens with one attached hydrogen (secondary N) is 2. The highest BCUT2D eigenvalue weighted by Crippen LogP contribution is 2.22. The minimum absolute atomic E-state index is 0.0338. The summed E-state index contributed by atoms with van der Waals surface area (Å²) in [5.74, 6) is 1.25. The van der Waals surface area contributed by atoms with Gasteiger partial charge in [-0.3, -0.25) is 4.79 Å². The number of para-hydroxylation sites is 1. The Morgan fingerprint density at radius 1 is 1.12 bits per heavy atom. The van der Waals surface area contributed by atoms with E-state index in [1.807, 2.05) is 32.0 Å². The highest BCUT2D eigenvalue weighted by atomic mass is 32.2. The minimum atomic E-state index is -0.0338. The third-order valence-corrected chi connectivity index (χ3v) is 6.59. The number of nitrogens with zero attached hydrogens (tertiary/aromatic N) is 3. The first kappa shape index (κ1) is 22.1. The van der Waals surface area contributed by atoms with Crippen molar-refractivity contribution in [1.29, 1.82) is 0 Å². The Morgan fingerprint density at radius 3 is 2.78 bits per heavy atom. The Hall–Kier alpha value is -3.06. The van der Waals surface area contributed by atoms with Crippen molar-refractivity contribution in [2.24, 2.45) is 0 Å². The predicted octanol–water partition coefficient (Wildman–Crippen LogP) is 5.30. The molecule has 2 aromatic carbocycles. The predicted molar refractivity (Wildman–Crippen MR) is 131 cm³/mol. The van der Waals surface area contributed by atoms with Crippen LogP contribution in [0, 0.1) is 13.8 Å². The van der Waals surface area contributed by atoms with Crippen LogP contribution in [0.25, 0.3) is 10.9 Å². The fourth-order valence-electron chi connectivity index (χ4n) is 3.97. The number of benzene rings is 2. The zero-order chi connectivity index (χ0) is 22.5. The molecule has 0 aliphatic rings. The van der Waals surface area contributed by atoms with E-state index in [9.17, 15) is 4.79 Å². The highest BCUT2D eigenvalue weighted by molar-refractivity contribution is 7.99. The van der Waals surface area contributed by atoms with Crippen molar-refractivity contribution >= 4 is 34.3 Å². The number of hydrogen-bond donors (Lipinski definition) is 2. The average Bonchev–Trinajstić information content (AvgIpc) is 3.38. The van der Waals surface area contributed by atoms with E-state index in [-0.39, 0.29) is 5.91 Å². The summed E-state index contributed by atoms with van der Waals surface area (Å²) in [6, 6.07) is 14.4. The van der Waals surface area contributed by atoms with Crippen molar-refractivity contribution in [2.45, 2.75) is 51.7 Å². The van der Waals surface area contributed by atoms with Crippen LogP contribution >= 0.6 is 11.8 Å². The van der Waals surface area contributed by atoms with E-state index in [4.69, 9.17) is 0 Å². The number of anilines is 1. The molecule has 166 valence electrons. The molecule has 2 aromatic heterocycles. The van der Waals surface area contributed by atoms with Crippen molar-refractivity contribution in [2.75, 3.05) is 11.1 Å². The average molecular weight is 448 g/mol. The Balaban J connectivity index is 1.32. The maximum absolute atomic E-state index is 12.4. The summed E-state index contributed by atoms with van der Waals surface area (Å²) in [5, 5.41) is 13.8. The second-order valence-electron chi connectivity index (χ2n) is 8.01. The molecule has 0 unspecified atom stereocenters. The number of aromatic amines is 1. The third-order valence-electron chi connectivity index (χ3n) is 5.62. The summed E-state index contributed by atoms with van der Waals surface area (Å²) in [7, 11) is 0. The van der Waals surface area contributed by atoms with Crippen LogP contribution in [0.5, 0.6) is 0 Å². The smallest absolute Gasteiger partial charge is 0.234 e. The molecule has 0 aliphatic heterocycles. The lowest BCUT2D eigenvalue weighted by atomic mass is 10.1. The largest absolute Gasteiger partial charge is 0.361 e. The Labute approximate surface area is 192 Å². The van der Waals surface area contributed by atoms with Gasteiger partial charge in [-0.15, -0.1) is 10.2 Å². The number of fused-ring (bicyclic) bond motifs is 1. The molecule has 2 heterocycles. The lowest BCUT2D eigenvalue weighted by Gasteiger charge is -2.10. The zero-order valence-electron chi connectivity index (χ0n) is 18.8. The molecule has 0 saturated carbocycles. The number of H-pyrrole nitrogens is 1. The third kappa shape index (κ3) is 5.05. The van der Waals surface area contributed by atoms with Crippen LogP contribution in [0.4, 0.5) is 5.69 Å². The molecular weight excluding hydrogens is 418 g/mol. The van der Waals surface area contributed by atoms with Gasteiger partial charge in [0.2, 0.25) is 5.91 Å². The number of amides is 1. The number of hydrogen-bond acceptors (Lipinski definition) is 4. The molecule has 0 saturated heterocycles. The number of carbonyl (C=O) groups is 1. The molecule has 0 radical (unpaired) electrons. The Bertz CT molecular complexity index is 1230. The van der Waals surface area contributed by atoms with Gasteiger partial charge in [-0.2, -0.15) is 0 Å². The monoisotopic (exact) mass is 447 g/mol. The van der Waals surface area contributed by atoms with E-state index < -0.39 is 0 Å². The van der Waals surface area contributed by atoms with Crippen molar-refractivity contribution in [3.8, 4) is 0 Å². The van der Waals surface area contributed by atoms with Crippen LogP contribution in [0.15, 0.2) is 53.8 Å². The van der Waals surface area contributed by atoms with E-state index in [1.54, 1.807) is 0 Å². The summed E-state index contributed by atoms with van der Waals surface area (Å²) in [6.07, 6.45) is 4.94. The molecule has 7 heteroatoms. The lowest BCUT2D eigenvalue weighted by Crippen LogP contribution is -2.15. The molecule has 6 nitrogen and oxygen atoms in total. The van der Waals surface area contributed by atoms with Gasteiger partial charge < -0.3 is 14.9 Å². The van der Waals surface area contributed by atoms with Gasteiger partial charge in [-0.05, 0) is 56.9 Å². The number of aryl methyl sites for hydroxylation is 4. The molecule has 1 amide bonds. The van der Waals surface area contributed by atoms with Crippen molar-refractivity contribution in [1.82, 2.24) is 19.7 Å². The molecule has 4 rings (SSSR count). The highest BCUT2D eigenvalue weighted by Gasteiger charge is 2.14. The van der Waals surface area contributed by atoms with Gasteiger partial charge in [-0.25, -0.2) is 0 Å². The normalized spacial score (nSPS) is 11.2. The minimum Gasteiger partial charge on any atom is -0.361 e. The first-order chi connectivity index (χ1) is 15.5. The molecule has 32 heavy (non-hydrogen) atoms. The van der Waals surface area contributed by atoms with Crippen molar-refractivity contribution < 1.29 is 4.79 Å². The number of thioether (sulfide) groups is 1. The maximum atomic E-state index is 12.4. The van der Waals surface area contributed by atoms with E-state index in [2.05, 4.69) is 62.5 Å². The van der Waals surface area contributed by atoms with Gasteiger partial charge in [0.15, 0.2) is 5.16 Å². The SMILES string of the molecule is CCn1c(CCCc2c[nH]c3ccccc23)nnc1SCC(=O)Nc1ccc(C)cc1C. The van der Waals surface area contributed by atoms with Crippen LogP contribution in [0.2, 0.25) is 0 Å². The van der Waals surface area contributed by atoms with Crippen LogP contribution < -0.4 is 5.32 Å². The van der Waals surface area contributed by atoms with E-state index in [0.717, 1.165) is 48.0 Å². The van der Waals surface area contributed by atoms with E-state index in [1.165, 1.54) is 33.8 Å². The van der Waals surface area contributed by atoms with Gasteiger partial charge in [-0.1, -0.05) is 47.7 Å². The Morgan fingerprint density at radius 2 is 1.97 bits per heavy atom.